The predicted octanol–water partition coefficient (Wildman–Crippen LogP) is 3.29. The molecule has 1 fully saturated rings. The number of carbonyl (C=O) groups is 1. The van der Waals surface area contributed by atoms with Crippen molar-refractivity contribution in [2.24, 2.45) is 0 Å². The van der Waals surface area contributed by atoms with E-state index in [1.165, 1.54) is 0 Å². The van der Waals surface area contributed by atoms with Gasteiger partial charge >= 0.3 is 0 Å². The van der Waals surface area contributed by atoms with Gasteiger partial charge in [0, 0.05) is 22.7 Å². The zero-order valence-electron chi connectivity index (χ0n) is 9.66. The van der Waals surface area contributed by atoms with Gasteiger partial charge in [-0.3, -0.25) is 4.79 Å². The quantitative estimate of drug-likeness (QED) is 0.747. The number of rotatable bonds is 1. The summed E-state index contributed by atoms with van der Waals surface area (Å²) in [5, 5.41) is 0.714. The van der Waals surface area contributed by atoms with Crippen LogP contribution in [0.3, 0.4) is 0 Å². The third-order valence-corrected chi connectivity index (χ3v) is 3.44. The van der Waals surface area contributed by atoms with Gasteiger partial charge < -0.3 is 4.90 Å². The fraction of sp³-hybridized carbons (Fsp3) is 0.462. The zero-order valence-corrected chi connectivity index (χ0v) is 10.4. The molecule has 0 atom stereocenters. The van der Waals surface area contributed by atoms with Gasteiger partial charge in [0.05, 0.1) is 6.54 Å². The Balaban J connectivity index is 2.33. The molecule has 1 saturated heterocycles. The molecule has 1 aliphatic rings. The molecule has 0 spiro atoms. The molecule has 0 aliphatic carbocycles. The molecule has 0 unspecified atom stereocenters. The molecule has 0 bridgehead atoms. The second kappa shape index (κ2) is 4.10. The molecule has 16 heavy (non-hydrogen) atoms. The number of carbonyl (C=O) groups excluding carboxylic acids is 1. The second-order valence-electron chi connectivity index (χ2n) is 4.92. The summed E-state index contributed by atoms with van der Waals surface area (Å²) in [6, 6.07) is 7.70. The van der Waals surface area contributed by atoms with Crippen molar-refractivity contribution in [1.82, 2.24) is 0 Å². The van der Waals surface area contributed by atoms with Crippen LogP contribution in [0.4, 0.5) is 5.69 Å². The number of nitrogens with zero attached hydrogens (tertiary/aromatic N) is 1. The second-order valence-corrected chi connectivity index (χ2v) is 5.35. The first-order valence-electron chi connectivity index (χ1n) is 5.54. The number of ketones is 1. The molecule has 0 saturated carbocycles. The molecular weight excluding hydrogens is 222 g/mol. The van der Waals surface area contributed by atoms with E-state index in [0.29, 0.717) is 23.8 Å². The van der Waals surface area contributed by atoms with Crippen LogP contribution in [-0.4, -0.2) is 17.9 Å². The lowest BCUT2D eigenvalue weighted by molar-refractivity contribution is -0.119. The molecule has 0 amide bonds. The van der Waals surface area contributed by atoms with E-state index in [2.05, 4.69) is 18.7 Å². The third-order valence-electron chi connectivity index (χ3n) is 3.20. The van der Waals surface area contributed by atoms with Crippen molar-refractivity contribution in [3.63, 3.8) is 0 Å². The van der Waals surface area contributed by atoms with Crippen LogP contribution in [0.25, 0.3) is 0 Å². The largest absolute Gasteiger partial charge is 0.359 e. The van der Waals surface area contributed by atoms with Gasteiger partial charge in [-0.2, -0.15) is 0 Å². The maximum Gasteiger partial charge on any atom is 0.152 e. The minimum atomic E-state index is 0.0264. The molecule has 0 N–H and O–H groups in total. The highest BCUT2D eigenvalue weighted by Gasteiger charge is 2.33. The average molecular weight is 238 g/mol. The lowest BCUT2D eigenvalue weighted by atomic mass is 9.89. The highest BCUT2D eigenvalue weighted by atomic mass is 35.5. The van der Waals surface area contributed by atoms with E-state index in [0.717, 1.165) is 12.1 Å². The first-order valence-corrected chi connectivity index (χ1v) is 5.92. The molecule has 0 radical (unpaired) electrons. The number of anilines is 1. The zero-order chi connectivity index (χ0) is 11.8. The van der Waals surface area contributed by atoms with Crippen molar-refractivity contribution in [3.05, 3.63) is 29.3 Å². The summed E-state index contributed by atoms with van der Waals surface area (Å²) in [4.78, 5) is 13.7. The van der Waals surface area contributed by atoms with Gasteiger partial charge in [-0.25, -0.2) is 0 Å². The highest BCUT2D eigenvalue weighted by molar-refractivity contribution is 6.30. The fourth-order valence-corrected chi connectivity index (χ4v) is 2.32. The number of Topliss-reactive ketones (excluding diaryl/α,β-unsaturated/α-hetero) is 1. The van der Waals surface area contributed by atoms with Gasteiger partial charge in [0.2, 0.25) is 0 Å². The SMILES string of the molecule is CC1(C)CCC(=O)CN1c1cccc(Cl)c1. The highest BCUT2D eigenvalue weighted by Crippen LogP contribution is 2.32. The monoisotopic (exact) mass is 237 g/mol. The summed E-state index contributed by atoms with van der Waals surface area (Å²) in [7, 11) is 0. The molecular formula is C13H16ClNO. The van der Waals surface area contributed by atoms with E-state index in [4.69, 9.17) is 11.6 Å². The molecule has 0 aromatic heterocycles. The molecule has 3 heteroatoms. The Morgan fingerprint density at radius 2 is 2.12 bits per heavy atom. The average Bonchev–Trinajstić information content (AvgIpc) is 2.22. The van der Waals surface area contributed by atoms with Crippen LogP contribution < -0.4 is 4.90 Å². The summed E-state index contributed by atoms with van der Waals surface area (Å²) in [6.45, 7) is 4.83. The van der Waals surface area contributed by atoms with E-state index >= 15 is 0 Å². The van der Waals surface area contributed by atoms with E-state index in [1.807, 2.05) is 24.3 Å². The predicted molar refractivity (Wildman–Crippen MR) is 67.1 cm³/mol. The lowest BCUT2D eigenvalue weighted by Gasteiger charge is -2.43. The first kappa shape index (κ1) is 11.5. The van der Waals surface area contributed by atoms with E-state index < -0.39 is 0 Å². The van der Waals surface area contributed by atoms with Crippen molar-refractivity contribution < 1.29 is 4.79 Å². The van der Waals surface area contributed by atoms with E-state index in [-0.39, 0.29) is 5.54 Å². The Bertz CT molecular complexity index is 414. The molecule has 1 aliphatic heterocycles. The Hall–Kier alpha value is -1.02. The summed E-state index contributed by atoms with van der Waals surface area (Å²) < 4.78 is 0. The van der Waals surface area contributed by atoms with Crippen LogP contribution >= 0.6 is 11.6 Å². The standard InChI is InChI=1S/C13H16ClNO/c1-13(2)7-6-12(16)9-15(13)11-5-3-4-10(14)8-11/h3-5,8H,6-7,9H2,1-2H3. The van der Waals surface area contributed by atoms with Crippen LogP contribution in [0, 0.1) is 0 Å². The van der Waals surface area contributed by atoms with Gasteiger partial charge in [0.1, 0.15) is 0 Å². The number of piperidine rings is 1. The van der Waals surface area contributed by atoms with Crippen molar-refractivity contribution in [2.75, 3.05) is 11.4 Å². The molecule has 1 heterocycles. The van der Waals surface area contributed by atoms with Crippen LogP contribution in [0.15, 0.2) is 24.3 Å². The number of halogens is 1. The summed E-state index contributed by atoms with van der Waals surface area (Å²) >= 11 is 5.98. The van der Waals surface area contributed by atoms with Crippen LogP contribution in [0.1, 0.15) is 26.7 Å². The Morgan fingerprint density at radius 3 is 2.81 bits per heavy atom. The topological polar surface area (TPSA) is 20.3 Å². The van der Waals surface area contributed by atoms with Crippen molar-refractivity contribution >= 4 is 23.1 Å². The maximum atomic E-state index is 11.5. The lowest BCUT2D eigenvalue weighted by Crippen LogP contribution is -2.50. The molecule has 1 aromatic carbocycles. The Labute approximate surface area is 101 Å². The normalized spacial score (nSPS) is 19.9. The summed E-state index contributed by atoms with van der Waals surface area (Å²) in [5.74, 6) is 0.305. The Kier molecular flexibility index (Phi) is 2.94. The van der Waals surface area contributed by atoms with Crippen molar-refractivity contribution in [1.29, 1.82) is 0 Å². The Morgan fingerprint density at radius 1 is 1.38 bits per heavy atom. The molecule has 1 aromatic rings. The summed E-state index contributed by atoms with van der Waals surface area (Å²) in [5.41, 5.74) is 1.06. The van der Waals surface area contributed by atoms with Crippen LogP contribution in [0.2, 0.25) is 5.02 Å². The first-order chi connectivity index (χ1) is 7.49. The minimum Gasteiger partial charge on any atom is -0.359 e. The number of hydrogen-bond acceptors (Lipinski definition) is 2. The minimum absolute atomic E-state index is 0.0264. The van der Waals surface area contributed by atoms with Gasteiger partial charge in [-0.1, -0.05) is 17.7 Å². The summed E-state index contributed by atoms with van der Waals surface area (Å²) in [6.07, 6.45) is 1.59. The van der Waals surface area contributed by atoms with Crippen molar-refractivity contribution in [2.45, 2.75) is 32.2 Å². The van der Waals surface area contributed by atoms with E-state index in [9.17, 15) is 4.79 Å². The maximum absolute atomic E-state index is 11.5. The van der Waals surface area contributed by atoms with Crippen LogP contribution in [0.5, 0.6) is 0 Å². The van der Waals surface area contributed by atoms with Crippen molar-refractivity contribution in [3.8, 4) is 0 Å². The molecule has 86 valence electrons. The fourth-order valence-electron chi connectivity index (χ4n) is 2.13. The van der Waals surface area contributed by atoms with E-state index in [1.54, 1.807) is 0 Å². The van der Waals surface area contributed by atoms with Gasteiger partial charge in [0.25, 0.3) is 0 Å². The smallest absolute Gasteiger partial charge is 0.152 e. The van der Waals surface area contributed by atoms with Gasteiger partial charge in [0.15, 0.2) is 5.78 Å². The molecule has 2 rings (SSSR count). The third kappa shape index (κ3) is 2.22. The number of hydrogen-bond donors (Lipinski definition) is 0. The molecule has 2 nitrogen and oxygen atoms in total. The van der Waals surface area contributed by atoms with Gasteiger partial charge in [-0.05, 0) is 38.5 Å². The van der Waals surface area contributed by atoms with Gasteiger partial charge in [-0.15, -0.1) is 0 Å². The number of benzene rings is 1. The van der Waals surface area contributed by atoms with Crippen LogP contribution in [-0.2, 0) is 4.79 Å².